The zero-order chi connectivity index (χ0) is 26.0. The number of ether oxygens (including phenoxy) is 4. The van der Waals surface area contributed by atoms with Crippen molar-refractivity contribution in [3.05, 3.63) is 96.1 Å². The fraction of sp³-hybridized carbons (Fsp3) is 0.0714. The third kappa shape index (κ3) is 5.07. The fourth-order valence-corrected chi connectivity index (χ4v) is 5.21. The van der Waals surface area contributed by atoms with E-state index in [9.17, 15) is 8.42 Å². The molecule has 0 atom stereocenters. The molecular formula is C28H22ClNO6S. The molecule has 0 radical (unpaired) electrons. The quantitative estimate of drug-likeness (QED) is 0.225. The molecule has 0 saturated carbocycles. The van der Waals surface area contributed by atoms with Gasteiger partial charge in [-0.2, -0.15) is 0 Å². The van der Waals surface area contributed by atoms with Crippen LogP contribution >= 0.6 is 11.6 Å². The number of H-pyrrole nitrogens is 1. The molecule has 0 amide bonds. The van der Waals surface area contributed by atoms with Crippen LogP contribution in [-0.4, -0.2) is 27.6 Å². The van der Waals surface area contributed by atoms with Crippen molar-refractivity contribution in [1.29, 1.82) is 0 Å². The number of nitrogens with one attached hydrogen (secondary N) is 1. The molecule has 0 unspecified atom stereocenters. The molecule has 0 spiro atoms. The minimum Gasteiger partial charge on any atom is -0.497 e. The van der Waals surface area contributed by atoms with Gasteiger partial charge in [0.15, 0.2) is 5.75 Å². The third-order valence-corrected chi connectivity index (χ3v) is 7.69. The Balaban J connectivity index is 1.61. The second-order valence-corrected chi connectivity index (χ2v) is 10.4. The van der Waals surface area contributed by atoms with E-state index < -0.39 is 9.84 Å². The van der Waals surface area contributed by atoms with Crippen LogP contribution in [-0.2, 0) is 9.84 Å². The van der Waals surface area contributed by atoms with Gasteiger partial charge in [0.25, 0.3) is 0 Å². The summed E-state index contributed by atoms with van der Waals surface area (Å²) in [5.41, 5.74) is 0.530. The van der Waals surface area contributed by atoms with Crippen LogP contribution in [0.15, 0.2) is 101 Å². The molecule has 0 fully saturated rings. The Labute approximate surface area is 219 Å². The number of rotatable bonds is 8. The highest BCUT2D eigenvalue weighted by atomic mass is 35.5. The first-order valence-corrected chi connectivity index (χ1v) is 13.0. The number of halogens is 1. The van der Waals surface area contributed by atoms with E-state index in [0.717, 1.165) is 0 Å². The molecule has 4 aromatic carbocycles. The van der Waals surface area contributed by atoms with Gasteiger partial charge in [-0.3, -0.25) is 0 Å². The zero-order valence-electron chi connectivity index (χ0n) is 19.9. The number of sulfone groups is 1. The van der Waals surface area contributed by atoms with Gasteiger partial charge in [-0.1, -0.05) is 11.6 Å². The Morgan fingerprint density at radius 3 is 1.70 bits per heavy atom. The van der Waals surface area contributed by atoms with Crippen LogP contribution in [0, 0.1) is 0 Å². The van der Waals surface area contributed by atoms with E-state index in [1.165, 1.54) is 30.3 Å². The summed E-state index contributed by atoms with van der Waals surface area (Å²) in [5.74, 6) is 3.22. The van der Waals surface area contributed by atoms with Gasteiger partial charge in [-0.15, -0.1) is 0 Å². The van der Waals surface area contributed by atoms with Crippen LogP contribution in [0.4, 0.5) is 0 Å². The van der Waals surface area contributed by atoms with Gasteiger partial charge in [0, 0.05) is 17.3 Å². The average molecular weight is 536 g/mol. The van der Waals surface area contributed by atoms with Gasteiger partial charge in [0.2, 0.25) is 9.84 Å². The van der Waals surface area contributed by atoms with Crippen molar-refractivity contribution in [2.45, 2.75) is 9.79 Å². The summed E-state index contributed by atoms with van der Waals surface area (Å²) in [5, 5.41) is 1.03. The lowest BCUT2D eigenvalue weighted by atomic mass is 10.2. The summed E-state index contributed by atoms with van der Waals surface area (Å²) in [6.45, 7) is 0. The molecule has 9 heteroatoms. The standard InChI is InChI=1S/C28H22ClNO6S/c1-33-19-5-9-21(10-6-19)35-26-16-24(37(31,32)23-13-3-18(29)4-14-23)15-25-28(26)27(17-30-25)36-22-11-7-20(34-2)8-12-22/h3-17,30H,1-2H3. The number of benzene rings is 4. The maximum absolute atomic E-state index is 13.5. The van der Waals surface area contributed by atoms with Crippen molar-refractivity contribution in [3.8, 4) is 34.5 Å². The normalized spacial score (nSPS) is 11.3. The molecule has 0 bridgehead atoms. The van der Waals surface area contributed by atoms with E-state index in [0.29, 0.717) is 50.4 Å². The van der Waals surface area contributed by atoms with E-state index in [-0.39, 0.29) is 9.79 Å². The molecule has 1 aromatic heterocycles. The lowest BCUT2D eigenvalue weighted by molar-refractivity contribution is 0.412. The first kappa shape index (κ1) is 24.5. The number of aromatic amines is 1. The van der Waals surface area contributed by atoms with Crippen molar-refractivity contribution < 1.29 is 27.4 Å². The van der Waals surface area contributed by atoms with E-state index in [2.05, 4.69) is 4.98 Å². The summed E-state index contributed by atoms with van der Waals surface area (Å²) in [7, 11) is -0.696. The Bertz CT molecular complexity index is 1640. The summed E-state index contributed by atoms with van der Waals surface area (Å²) < 4.78 is 49.7. The predicted octanol–water partition coefficient (Wildman–Crippen LogP) is 7.26. The SMILES string of the molecule is COc1ccc(Oc2c[nH]c3cc(S(=O)(=O)c4ccc(Cl)cc4)cc(Oc4ccc(OC)cc4)c23)cc1. The molecule has 1 heterocycles. The summed E-state index contributed by atoms with van der Waals surface area (Å²) in [4.78, 5) is 3.29. The van der Waals surface area contributed by atoms with Gasteiger partial charge in [-0.05, 0) is 78.9 Å². The lowest BCUT2D eigenvalue weighted by Gasteiger charge is -2.13. The van der Waals surface area contributed by atoms with Crippen LogP contribution in [0.2, 0.25) is 5.02 Å². The first-order valence-electron chi connectivity index (χ1n) is 11.2. The summed E-state index contributed by atoms with van der Waals surface area (Å²) in [6.07, 6.45) is 1.66. The van der Waals surface area contributed by atoms with Gasteiger partial charge < -0.3 is 23.9 Å². The van der Waals surface area contributed by atoms with Crippen LogP contribution < -0.4 is 18.9 Å². The van der Waals surface area contributed by atoms with Crippen molar-refractivity contribution in [2.24, 2.45) is 0 Å². The largest absolute Gasteiger partial charge is 0.497 e. The highest BCUT2D eigenvalue weighted by molar-refractivity contribution is 7.91. The van der Waals surface area contributed by atoms with Gasteiger partial charge in [0.1, 0.15) is 28.7 Å². The minimum atomic E-state index is -3.86. The topological polar surface area (TPSA) is 86.9 Å². The number of aromatic nitrogens is 1. The van der Waals surface area contributed by atoms with E-state index in [1.54, 1.807) is 75.0 Å². The Morgan fingerprint density at radius 2 is 1.16 bits per heavy atom. The molecule has 0 saturated heterocycles. The Kier molecular flexibility index (Phi) is 6.69. The summed E-state index contributed by atoms with van der Waals surface area (Å²) >= 11 is 5.96. The fourth-order valence-electron chi connectivity index (χ4n) is 3.78. The van der Waals surface area contributed by atoms with Crippen molar-refractivity contribution in [3.63, 3.8) is 0 Å². The highest BCUT2D eigenvalue weighted by Gasteiger charge is 2.23. The number of hydrogen-bond acceptors (Lipinski definition) is 6. The number of fused-ring (bicyclic) bond motifs is 1. The first-order chi connectivity index (χ1) is 17.9. The predicted molar refractivity (Wildman–Crippen MR) is 141 cm³/mol. The maximum atomic E-state index is 13.5. The monoisotopic (exact) mass is 535 g/mol. The number of hydrogen-bond donors (Lipinski definition) is 1. The molecule has 0 aliphatic heterocycles. The zero-order valence-corrected chi connectivity index (χ0v) is 21.5. The van der Waals surface area contributed by atoms with Gasteiger partial charge in [0.05, 0.1) is 34.9 Å². The van der Waals surface area contributed by atoms with E-state index >= 15 is 0 Å². The van der Waals surface area contributed by atoms with Crippen LogP contribution in [0.5, 0.6) is 34.5 Å². The van der Waals surface area contributed by atoms with Gasteiger partial charge >= 0.3 is 0 Å². The van der Waals surface area contributed by atoms with Crippen molar-refractivity contribution in [1.82, 2.24) is 4.98 Å². The summed E-state index contributed by atoms with van der Waals surface area (Å²) in [6, 6.07) is 23.2. The molecule has 5 aromatic rings. The smallest absolute Gasteiger partial charge is 0.206 e. The molecule has 188 valence electrons. The van der Waals surface area contributed by atoms with Crippen LogP contribution in [0.25, 0.3) is 10.9 Å². The minimum absolute atomic E-state index is 0.0590. The Hall–Kier alpha value is -4.14. The molecule has 0 aliphatic carbocycles. The second kappa shape index (κ2) is 10.1. The molecule has 1 N–H and O–H groups in total. The highest BCUT2D eigenvalue weighted by Crippen LogP contribution is 2.41. The van der Waals surface area contributed by atoms with Crippen molar-refractivity contribution >= 4 is 32.3 Å². The molecule has 5 rings (SSSR count). The molecule has 37 heavy (non-hydrogen) atoms. The molecule has 0 aliphatic rings. The van der Waals surface area contributed by atoms with Crippen molar-refractivity contribution in [2.75, 3.05) is 14.2 Å². The van der Waals surface area contributed by atoms with Crippen LogP contribution in [0.1, 0.15) is 0 Å². The third-order valence-electron chi connectivity index (χ3n) is 5.69. The van der Waals surface area contributed by atoms with Crippen LogP contribution in [0.3, 0.4) is 0 Å². The molecule has 7 nitrogen and oxygen atoms in total. The average Bonchev–Trinajstić information content (AvgIpc) is 3.32. The Morgan fingerprint density at radius 1 is 0.649 bits per heavy atom. The second-order valence-electron chi connectivity index (χ2n) is 8.01. The van der Waals surface area contributed by atoms with E-state index in [1.807, 2.05) is 0 Å². The molecular weight excluding hydrogens is 514 g/mol. The lowest BCUT2D eigenvalue weighted by Crippen LogP contribution is -2.02. The maximum Gasteiger partial charge on any atom is 0.206 e. The van der Waals surface area contributed by atoms with Gasteiger partial charge in [-0.25, -0.2) is 8.42 Å². The number of methoxy groups -OCH3 is 2. The van der Waals surface area contributed by atoms with E-state index in [4.69, 9.17) is 30.5 Å².